The van der Waals surface area contributed by atoms with Crippen molar-refractivity contribution in [2.75, 3.05) is 4.90 Å². The molecule has 14 aromatic rings. The van der Waals surface area contributed by atoms with Crippen molar-refractivity contribution in [2.45, 2.75) is 113 Å². The monoisotopic (exact) mass is 1360 g/mol. The quantitative estimate of drug-likeness (QED) is 0.124. The van der Waals surface area contributed by atoms with Crippen molar-refractivity contribution in [1.82, 2.24) is 34.5 Å². The molecule has 103 heavy (non-hydrogen) atoms. The first-order chi connectivity index (χ1) is 49.9. The molecule has 11 heteroatoms. The van der Waals surface area contributed by atoms with Crippen LogP contribution in [0.2, 0.25) is 0 Å². The van der Waals surface area contributed by atoms with Crippen LogP contribution in [-0.4, -0.2) is 34.5 Å². The van der Waals surface area contributed by atoms with Gasteiger partial charge in [-0.1, -0.05) is 256 Å². The van der Waals surface area contributed by atoms with Crippen molar-refractivity contribution in [3.05, 3.63) is 306 Å². The van der Waals surface area contributed by atoms with Gasteiger partial charge in [-0.05, 0) is 126 Å². The molecule has 0 amide bonds. The minimum absolute atomic E-state index is 0.0976. The van der Waals surface area contributed by atoms with Crippen LogP contribution in [0.5, 0.6) is 23.0 Å². The van der Waals surface area contributed by atoms with Crippen molar-refractivity contribution < 1.29 is 9.47 Å². The highest BCUT2D eigenvalue weighted by atomic mass is 32.2. The number of ether oxygens (including phenoxy) is 2. The largest absolute Gasteiger partial charge is 0.454 e. The Balaban J connectivity index is 0.713. The number of para-hydroxylation sites is 6. The first-order valence-corrected chi connectivity index (χ1v) is 36.5. The van der Waals surface area contributed by atoms with E-state index in [1.54, 1.807) is 11.8 Å². The molecule has 0 saturated heterocycles. The highest BCUT2D eigenvalue weighted by Gasteiger charge is 2.41. The van der Waals surface area contributed by atoms with E-state index >= 15 is 0 Å². The molecule has 4 aliphatic rings. The number of hydrogen-bond donors (Lipinski definition) is 0. The van der Waals surface area contributed by atoms with Crippen LogP contribution in [0.25, 0.3) is 90.0 Å². The van der Waals surface area contributed by atoms with Crippen LogP contribution < -0.4 is 14.4 Å². The lowest BCUT2D eigenvalue weighted by Gasteiger charge is -2.39. The highest BCUT2D eigenvalue weighted by Crippen LogP contribution is 2.60. The Hall–Kier alpha value is -11.5. The fraction of sp³-hybridized carbons (Fsp3) is 0.174. The molecule has 6 heterocycles. The zero-order chi connectivity index (χ0) is 70.1. The molecule has 0 radical (unpaired) electrons. The Morgan fingerprint density at radius 3 is 1.41 bits per heavy atom. The molecule has 0 atom stereocenters. The van der Waals surface area contributed by atoms with Gasteiger partial charge in [0, 0.05) is 75.9 Å². The van der Waals surface area contributed by atoms with E-state index in [2.05, 4.69) is 296 Å². The zero-order valence-corrected chi connectivity index (χ0v) is 60.1. The minimum atomic E-state index is -0.466. The second-order valence-corrected chi connectivity index (χ2v) is 31.4. The van der Waals surface area contributed by atoms with Gasteiger partial charge in [0.15, 0.2) is 46.4 Å². The van der Waals surface area contributed by atoms with Gasteiger partial charge in [-0.3, -0.25) is 0 Å². The maximum absolute atomic E-state index is 7.52. The number of fused-ring (bicyclic) bond motifs is 9. The zero-order valence-electron chi connectivity index (χ0n) is 59.2. The summed E-state index contributed by atoms with van der Waals surface area (Å²) in [4.78, 5) is 36.4. The highest BCUT2D eigenvalue weighted by molar-refractivity contribution is 7.99. The predicted molar refractivity (Wildman–Crippen MR) is 419 cm³/mol. The van der Waals surface area contributed by atoms with Crippen molar-refractivity contribution in [3.8, 4) is 85.6 Å². The lowest BCUT2D eigenvalue weighted by Crippen LogP contribution is -2.26. The fourth-order valence-corrected chi connectivity index (χ4v) is 16.8. The summed E-state index contributed by atoms with van der Waals surface area (Å²) in [6.07, 6.45) is 9.21. The van der Waals surface area contributed by atoms with Crippen LogP contribution in [0.1, 0.15) is 120 Å². The Morgan fingerprint density at radius 2 is 0.845 bits per heavy atom. The molecule has 502 valence electrons. The summed E-state index contributed by atoms with van der Waals surface area (Å²) >= 11 is 1.80. The van der Waals surface area contributed by atoms with E-state index in [-0.39, 0.29) is 10.8 Å². The van der Waals surface area contributed by atoms with Crippen molar-refractivity contribution in [1.29, 1.82) is 0 Å². The van der Waals surface area contributed by atoms with Crippen LogP contribution in [0.3, 0.4) is 0 Å². The van der Waals surface area contributed by atoms with Crippen molar-refractivity contribution in [3.63, 3.8) is 0 Å². The number of nitrogens with zero attached hydrogens (tertiary/aromatic N) is 8. The summed E-state index contributed by atoms with van der Waals surface area (Å²) in [6.45, 7) is 20.8. The smallest absolute Gasteiger partial charge is 0.167 e. The summed E-state index contributed by atoms with van der Waals surface area (Å²) in [5, 5.41) is 2.36. The first kappa shape index (κ1) is 63.6. The number of aromatic nitrogens is 7. The van der Waals surface area contributed by atoms with Gasteiger partial charge in [0.2, 0.25) is 0 Å². The molecular formula is C92H76N8O2S. The molecule has 11 aromatic carbocycles. The van der Waals surface area contributed by atoms with Gasteiger partial charge >= 0.3 is 0 Å². The molecule has 0 N–H and O–H groups in total. The van der Waals surface area contributed by atoms with Crippen LogP contribution >= 0.6 is 11.8 Å². The van der Waals surface area contributed by atoms with E-state index in [1.807, 2.05) is 36.4 Å². The number of hydrogen-bond acceptors (Lipinski definition) is 10. The van der Waals surface area contributed by atoms with Gasteiger partial charge in [0.1, 0.15) is 11.5 Å². The molecule has 1 aliphatic carbocycles. The standard InChI is InChI=1S/C92H76N8O2S/c1-89(2,3)61-48-50-71-65(53-61)66-54-62(49-51-72(66)99(71)75-44-26-40-69-81(75)101-79-63(36-24-38-67(79)91(69,6)7)87-95-83(57-29-13-10-14-30-57)93-84(96-87)58-31-15-11-16-32-58)90(4,5)55-56-28-23-35-60(52-56)86-94-85(59-33-17-12-18-34-59)97-88(98-86)64-37-25-39-68-80(64)102-82-70(92(68,8)9)41-27-45-76(82)100-73-42-19-21-46-77(73)103-78-47-22-20-43-74(78)100/h10,12-15,17-54H,11,16,55H2,1-9H3. The Kier molecular flexibility index (Phi) is 15.0. The minimum Gasteiger partial charge on any atom is -0.454 e. The van der Waals surface area contributed by atoms with Gasteiger partial charge in [-0.15, -0.1) is 0 Å². The summed E-state index contributed by atoms with van der Waals surface area (Å²) in [5.74, 6) is 6.62. The predicted octanol–water partition coefficient (Wildman–Crippen LogP) is 23.8. The maximum atomic E-state index is 7.52. The van der Waals surface area contributed by atoms with E-state index in [0.717, 1.165) is 137 Å². The summed E-state index contributed by atoms with van der Waals surface area (Å²) in [5.41, 5.74) is 18.3. The fourth-order valence-electron chi connectivity index (χ4n) is 15.8. The van der Waals surface area contributed by atoms with Gasteiger partial charge in [0.25, 0.3) is 0 Å². The number of anilines is 3. The molecule has 10 nitrogen and oxygen atoms in total. The third-order valence-electron chi connectivity index (χ3n) is 21.3. The normalized spacial score (nSPS) is 14.7. The van der Waals surface area contributed by atoms with Crippen LogP contribution in [0.4, 0.5) is 17.1 Å². The molecule has 0 unspecified atom stereocenters. The Labute approximate surface area is 605 Å². The van der Waals surface area contributed by atoms with Gasteiger partial charge in [-0.25, -0.2) is 29.9 Å². The first-order valence-electron chi connectivity index (χ1n) is 35.7. The summed E-state index contributed by atoms with van der Waals surface area (Å²) < 4.78 is 17.4. The van der Waals surface area contributed by atoms with Crippen LogP contribution in [0, 0.1) is 0 Å². The molecule has 0 spiro atoms. The summed E-state index contributed by atoms with van der Waals surface area (Å²) in [6, 6.07) is 86.5. The van der Waals surface area contributed by atoms with E-state index < -0.39 is 10.8 Å². The average Bonchev–Trinajstić information content (AvgIpc) is 1.70. The van der Waals surface area contributed by atoms with E-state index in [0.29, 0.717) is 34.9 Å². The Bertz CT molecular complexity index is 5820. The van der Waals surface area contributed by atoms with Gasteiger partial charge in [0.05, 0.1) is 44.9 Å². The SMILES string of the molecule is CC(C)(C)c1ccc2c(c1)c1cc(C(C)(C)Cc3cccc(-c4nc(-c5ccccc5)nc(-c5cccc6c5Oc5c(N7c8ccccc8Sc8ccccc87)cccc5C6(C)C)n4)c3)ccc1n2-c1cccc2c1Oc1c(-c3nc(C4=CCCC=C4)nc(-c4ccccc4)n3)cccc1C2(C)C. The summed E-state index contributed by atoms with van der Waals surface area (Å²) in [7, 11) is 0. The lowest BCUT2D eigenvalue weighted by atomic mass is 9.75. The van der Waals surface area contributed by atoms with Crippen LogP contribution in [-0.2, 0) is 28.1 Å². The number of rotatable bonds is 11. The van der Waals surface area contributed by atoms with Gasteiger partial charge < -0.3 is 18.9 Å². The molecule has 0 fully saturated rings. The molecule has 3 aromatic heterocycles. The van der Waals surface area contributed by atoms with E-state index in [4.69, 9.17) is 39.4 Å². The van der Waals surface area contributed by atoms with Crippen LogP contribution in [0.15, 0.2) is 271 Å². The third kappa shape index (κ3) is 10.8. The second-order valence-electron chi connectivity index (χ2n) is 30.3. The molecule has 0 bridgehead atoms. The molecule has 0 saturated carbocycles. The molecule has 3 aliphatic heterocycles. The van der Waals surface area contributed by atoms with E-state index in [1.165, 1.54) is 31.7 Å². The molecular weight excluding hydrogens is 1280 g/mol. The lowest BCUT2D eigenvalue weighted by molar-refractivity contribution is 0.418. The second kappa shape index (κ2) is 24.3. The number of allylic oxidation sites excluding steroid dienone is 4. The topological polar surface area (TPSA) is 104 Å². The number of benzene rings is 11. The molecule has 18 rings (SSSR count). The average molecular weight is 1360 g/mol. The van der Waals surface area contributed by atoms with Crippen molar-refractivity contribution in [2.24, 2.45) is 0 Å². The maximum Gasteiger partial charge on any atom is 0.167 e. The van der Waals surface area contributed by atoms with E-state index in [9.17, 15) is 0 Å². The van der Waals surface area contributed by atoms with Gasteiger partial charge in [-0.2, -0.15) is 0 Å². The third-order valence-corrected chi connectivity index (χ3v) is 22.5. The van der Waals surface area contributed by atoms with Crippen molar-refractivity contribution >= 4 is 56.2 Å². The Morgan fingerprint density at radius 1 is 0.398 bits per heavy atom.